The van der Waals surface area contributed by atoms with Crippen LogP contribution in [0.25, 0.3) is 17.2 Å². The van der Waals surface area contributed by atoms with Crippen molar-refractivity contribution < 1.29 is 23.3 Å². The lowest BCUT2D eigenvalue weighted by Gasteiger charge is -2.16. The first-order chi connectivity index (χ1) is 12.2. The van der Waals surface area contributed by atoms with Gasteiger partial charge < -0.3 is 18.9 Å². The molecular weight excluding hydrogens is 327 g/mol. The van der Waals surface area contributed by atoms with E-state index in [1.54, 1.807) is 24.6 Å². The zero-order chi connectivity index (χ0) is 17.6. The van der Waals surface area contributed by atoms with Crippen molar-refractivity contribution in [3.8, 4) is 17.0 Å². The number of hydrogen-bond donors (Lipinski definition) is 0. The van der Waals surface area contributed by atoms with E-state index in [1.165, 1.54) is 13.2 Å². The Balaban J connectivity index is 2.06. The molecule has 6 nitrogen and oxygen atoms in total. The highest BCUT2D eigenvalue weighted by Crippen LogP contribution is 2.35. The summed E-state index contributed by atoms with van der Waals surface area (Å²) >= 11 is 0. The Kier molecular flexibility index (Phi) is 5.57. The molecule has 0 aromatic carbocycles. The van der Waals surface area contributed by atoms with E-state index < -0.39 is 12.1 Å². The largest absolute Gasteiger partial charge is 0.501 e. The smallest absolute Gasteiger partial charge is 0.213 e. The third-order valence-corrected chi connectivity index (χ3v) is 3.66. The summed E-state index contributed by atoms with van der Waals surface area (Å²) in [6.45, 7) is 3.43. The Morgan fingerprint density at radius 2 is 2.00 bits per heavy atom. The fourth-order valence-electron chi connectivity index (χ4n) is 2.49. The monoisotopic (exact) mass is 346 g/mol. The van der Waals surface area contributed by atoms with Crippen LogP contribution in [-0.4, -0.2) is 36.9 Å². The van der Waals surface area contributed by atoms with Crippen molar-refractivity contribution >= 4 is 6.08 Å². The number of nitrogens with zero attached hydrogens (tertiary/aromatic N) is 2. The average molecular weight is 346 g/mol. The molecule has 1 saturated heterocycles. The van der Waals surface area contributed by atoms with Gasteiger partial charge in [-0.1, -0.05) is 0 Å². The molecule has 0 saturated carbocycles. The summed E-state index contributed by atoms with van der Waals surface area (Å²) in [5, 5.41) is 0. The van der Waals surface area contributed by atoms with Crippen molar-refractivity contribution in [1.29, 1.82) is 0 Å². The van der Waals surface area contributed by atoms with Gasteiger partial charge in [-0.15, -0.1) is 0 Å². The molecule has 3 heterocycles. The summed E-state index contributed by atoms with van der Waals surface area (Å²) in [6.07, 6.45) is 5.44. The molecule has 25 heavy (non-hydrogen) atoms. The van der Waals surface area contributed by atoms with Crippen molar-refractivity contribution in [3.63, 3.8) is 0 Å². The van der Waals surface area contributed by atoms with Gasteiger partial charge in [-0.25, -0.2) is 9.37 Å². The molecule has 0 aliphatic carbocycles. The zero-order valence-electron chi connectivity index (χ0n) is 14.1. The molecular formula is C18H19FN2O4. The Bertz CT molecular complexity index is 761. The first-order valence-electron chi connectivity index (χ1n) is 7.94. The van der Waals surface area contributed by atoms with E-state index in [2.05, 4.69) is 9.97 Å². The van der Waals surface area contributed by atoms with Crippen molar-refractivity contribution in [2.75, 3.05) is 26.9 Å². The number of aromatic nitrogens is 2. The van der Waals surface area contributed by atoms with Crippen molar-refractivity contribution in [2.45, 2.75) is 13.2 Å². The maximum atomic E-state index is 14.3. The highest BCUT2D eigenvalue weighted by molar-refractivity contribution is 5.69. The van der Waals surface area contributed by atoms with Gasteiger partial charge in [0.1, 0.15) is 5.82 Å². The van der Waals surface area contributed by atoms with E-state index in [9.17, 15) is 4.39 Å². The predicted molar refractivity (Wildman–Crippen MR) is 89.3 cm³/mol. The minimum absolute atomic E-state index is 0.316. The van der Waals surface area contributed by atoms with E-state index in [0.717, 1.165) is 6.20 Å². The van der Waals surface area contributed by atoms with Crippen LogP contribution in [0, 0.1) is 5.82 Å². The summed E-state index contributed by atoms with van der Waals surface area (Å²) in [6, 6.07) is 3.33. The minimum Gasteiger partial charge on any atom is -0.501 e. The lowest BCUT2D eigenvalue weighted by atomic mass is 10.0. The topological polar surface area (TPSA) is 62.7 Å². The minimum atomic E-state index is -0.573. The molecule has 1 fully saturated rings. The van der Waals surface area contributed by atoms with Crippen molar-refractivity contribution in [3.05, 3.63) is 47.9 Å². The van der Waals surface area contributed by atoms with Crippen LogP contribution in [0.4, 0.5) is 4.39 Å². The Morgan fingerprint density at radius 3 is 2.72 bits per heavy atom. The molecule has 0 bridgehead atoms. The molecule has 1 aliphatic rings. The van der Waals surface area contributed by atoms with Gasteiger partial charge in [0.05, 0.1) is 45.1 Å². The summed E-state index contributed by atoms with van der Waals surface area (Å²) in [5.41, 5.74) is 2.25. The summed E-state index contributed by atoms with van der Waals surface area (Å²) in [7, 11) is 1.48. The molecule has 0 amide bonds. The van der Waals surface area contributed by atoms with E-state index in [1.807, 2.05) is 6.92 Å². The molecule has 1 aliphatic heterocycles. The van der Waals surface area contributed by atoms with Crippen LogP contribution in [0.5, 0.6) is 5.88 Å². The van der Waals surface area contributed by atoms with E-state index in [-0.39, 0.29) is 0 Å². The SMILES string of the molecule is CCO/C=C/c1cc(C2OCCO2)c(-c2cc(OC)ncc2F)cn1. The quantitative estimate of drug-likeness (QED) is 0.748. The summed E-state index contributed by atoms with van der Waals surface area (Å²) in [4.78, 5) is 8.22. The first kappa shape index (κ1) is 17.3. The van der Waals surface area contributed by atoms with Crippen LogP contribution in [-0.2, 0) is 14.2 Å². The van der Waals surface area contributed by atoms with Crippen molar-refractivity contribution in [1.82, 2.24) is 9.97 Å². The Labute approximate surface area is 145 Å². The predicted octanol–water partition coefficient (Wildman–Crippen LogP) is 3.34. The van der Waals surface area contributed by atoms with Crippen LogP contribution in [0.1, 0.15) is 24.5 Å². The van der Waals surface area contributed by atoms with E-state index in [0.29, 0.717) is 48.1 Å². The fraction of sp³-hybridized carbons (Fsp3) is 0.333. The van der Waals surface area contributed by atoms with Gasteiger partial charge in [-0.3, -0.25) is 4.98 Å². The van der Waals surface area contributed by atoms with Crippen LogP contribution in [0.3, 0.4) is 0 Å². The van der Waals surface area contributed by atoms with Crippen LogP contribution < -0.4 is 4.74 Å². The molecule has 7 heteroatoms. The fourth-order valence-corrected chi connectivity index (χ4v) is 2.49. The molecule has 0 atom stereocenters. The normalized spacial score (nSPS) is 15.0. The third-order valence-electron chi connectivity index (χ3n) is 3.66. The maximum Gasteiger partial charge on any atom is 0.213 e. The number of methoxy groups -OCH3 is 1. The molecule has 2 aromatic heterocycles. The standard InChI is InChI=1S/C18H19FN2O4/c1-3-23-5-4-12-8-14(18-24-6-7-25-18)15(10-20-12)13-9-17(22-2)21-11-16(13)19/h4-5,8-11,18H,3,6-7H2,1-2H3/b5-4+. The first-order valence-corrected chi connectivity index (χ1v) is 7.94. The lowest BCUT2D eigenvalue weighted by molar-refractivity contribution is -0.0437. The maximum absolute atomic E-state index is 14.3. The van der Waals surface area contributed by atoms with Gasteiger partial charge in [0.2, 0.25) is 5.88 Å². The molecule has 3 rings (SSSR count). The molecule has 132 valence electrons. The van der Waals surface area contributed by atoms with E-state index >= 15 is 0 Å². The van der Waals surface area contributed by atoms with Crippen LogP contribution in [0.2, 0.25) is 0 Å². The number of hydrogen-bond acceptors (Lipinski definition) is 6. The molecule has 0 N–H and O–H groups in total. The zero-order valence-corrected chi connectivity index (χ0v) is 14.1. The number of rotatable bonds is 6. The molecule has 0 unspecified atom stereocenters. The summed E-state index contributed by atoms with van der Waals surface area (Å²) in [5.74, 6) is -0.157. The molecule has 0 radical (unpaired) electrons. The van der Waals surface area contributed by atoms with E-state index in [4.69, 9.17) is 18.9 Å². The number of halogens is 1. The number of pyridine rings is 2. The number of ether oxygens (including phenoxy) is 4. The van der Waals surface area contributed by atoms with Crippen molar-refractivity contribution in [2.24, 2.45) is 0 Å². The van der Waals surface area contributed by atoms with Gasteiger partial charge >= 0.3 is 0 Å². The van der Waals surface area contributed by atoms with Gasteiger partial charge in [0.25, 0.3) is 0 Å². The Morgan fingerprint density at radius 1 is 1.20 bits per heavy atom. The van der Waals surface area contributed by atoms with Gasteiger partial charge in [0.15, 0.2) is 6.29 Å². The van der Waals surface area contributed by atoms with Gasteiger partial charge in [-0.05, 0) is 19.1 Å². The third kappa shape index (κ3) is 3.94. The second-order valence-electron chi connectivity index (χ2n) is 5.23. The molecule has 2 aromatic rings. The highest BCUT2D eigenvalue weighted by Gasteiger charge is 2.24. The van der Waals surface area contributed by atoms with Gasteiger partial charge in [-0.2, -0.15) is 0 Å². The Hall–Kier alpha value is -2.51. The second-order valence-corrected chi connectivity index (χ2v) is 5.23. The van der Waals surface area contributed by atoms with Crippen LogP contribution in [0.15, 0.2) is 30.8 Å². The highest BCUT2D eigenvalue weighted by atomic mass is 19.1. The summed E-state index contributed by atoms with van der Waals surface area (Å²) < 4.78 is 35.8. The average Bonchev–Trinajstić information content (AvgIpc) is 3.17. The second kappa shape index (κ2) is 8.04. The van der Waals surface area contributed by atoms with Gasteiger partial charge in [0, 0.05) is 29.0 Å². The van der Waals surface area contributed by atoms with Crippen LogP contribution >= 0.6 is 0 Å². The molecule has 0 spiro atoms. The lowest BCUT2D eigenvalue weighted by Crippen LogP contribution is -2.04.